The van der Waals surface area contributed by atoms with Crippen LogP contribution in [0.5, 0.6) is 0 Å². The molecule has 0 radical (unpaired) electrons. The van der Waals surface area contributed by atoms with Crippen molar-refractivity contribution in [1.82, 2.24) is 5.32 Å². The van der Waals surface area contributed by atoms with Gasteiger partial charge in [-0.3, -0.25) is 0 Å². The highest BCUT2D eigenvalue weighted by molar-refractivity contribution is 4.72. The topological polar surface area (TPSA) is 12.0 Å². The van der Waals surface area contributed by atoms with E-state index in [0.29, 0.717) is 0 Å². The first-order valence-corrected chi connectivity index (χ1v) is 5.64. The maximum absolute atomic E-state index is 3.44. The Hall–Kier alpha value is -0.0400. The van der Waals surface area contributed by atoms with Gasteiger partial charge in [-0.1, -0.05) is 39.0 Å². The Morgan fingerprint density at radius 2 is 1.92 bits per heavy atom. The zero-order chi connectivity index (χ0) is 8.65. The lowest BCUT2D eigenvalue weighted by molar-refractivity contribution is 0.567. The van der Waals surface area contributed by atoms with Crippen LogP contribution in [0.3, 0.4) is 0 Å². The molecule has 0 saturated heterocycles. The summed E-state index contributed by atoms with van der Waals surface area (Å²) in [5.74, 6) is 1.13. The highest BCUT2D eigenvalue weighted by Gasteiger charge is 2.19. The number of hydrogen-bond acceptors (Lipinski definition) is 1. The van der Waals surface area contributed by atoms with Crippen LogP contribution in [0.4, 0.5) is 0 Å². The second kappa shape index (κ2) is 6.47. The molecule has 0 heterocycles. The summed E-state index contributed by atoms with van der Waals surface area (Å²) in [6.45, 7) is 4.65. The van der Waals surface area contributed by atoms with Gasteiger partial charge in [-0.05, 0) is 31.8 Å². The van der Waals surface area contributed by atoms with Gasteiger partial charge in [0.25, 0.3) is 0 Å². The fourth-order valence-electron chi connectivity index (χ4n) is 1.57. The van der Waals surface area contributed by atoms with Crippen molar-refractivity contribution in [2.45, 2.75) is 51.9 Å². The van der Waals surface area contributed by atoms with E-state index in [9.17, 15) is 0 Å². The Balaban J connectivity index is 1.65. The minimum atomic E-state index is 1.13. The molecular formula is C11H23N. The minimum Gasteiger partial charge on any atom is -0.317 e. The summed E-state index contributed by atoms with van der Waals surface area (Å²) in [6, 6.07) is 0. The summed E-state index contributed by atoms with van der Waals surface area (Å²) in [5.41, 5.74) is 0. The summed E-state index contributed by atoms with van der Waals surface area (Å²) < 4.78 is 0. The molecule has 0 unspecified atom stereocenters. The van der Waals surface area contributed by atoms with Gasteiger partial charge in [0, 0.05) is 0 Å². The van der Waals surface area contributed by atoms with Crippen molar-refractivity contribution in [1.29, 1.82) is 0 Å². The Morgan fingerprint density at radius 3 is 2.58 bits per heavy atom. The molecular weight excluding hydrogens is 146 g/mol. The molecule has 0 aromatic heterocycles. The van der Waals surface area contributed by atoms with E-state index < -0.39 is 0 Å². The average molecular weight is 169 g/mol. The van der Waals surface area contributed by atoms with Gasteiger partial charge in [-0.2, -0.15) is 0 Å². The molecule has 1 N–H and O–H groups in total. The van der Waals surface area contributed by atoms with Crippen LogP contribution in [-0.4, -0.2) is 13.1 Å². The minimum absolute atomic E-state index is 1.13. The summed E-state index contributed by atoms with van der Waals surface area (Å²) in [4.78, 5) is 0. The quantitative estimate of drug-likeness (QED) is 0.551. The molecule has 0 bridgehead atoms. The largest absolute Gasteiger partial charge is 0.317 e. The van der Waals surface area contributed by atoms with Gasteiger partial charge in [-0.25, -0.2) is 0 Å². The van der Waals surface area contributed by atoms with E-state index in [4.69, 9.17) is 0 Å². The van der Waals surface area contributed by atoms with Crippen LogP contribution in [0.1, 0.15) is 51.9 Å². The molecule has 1 heteroatoms. The maximum Gasteiger partial charge on any atom is -0.00489 e. The first-order valence-electron chi connectivity index (χ1n) is 5.64. The molecule has 0 spiro atoms. The molecule has 0 aromatic carbocycles. The van der Waals surface area contributed by atoms with Gasteiger partial charge in [0.15, 0.2) is 0 Å². The first kappa shape index (κ1) is 10.0. The predicted octanol–water partition coefficient (Wildman–Crippen LogP) is 2.96. The zero-order valence-electron chi connectivity index (χ0n) is 8.44. The van der Waals surface area contributed by atoms with Gasteiger partial charge in [0.2, 0.25) is 0 Å². The van der Waals surface area contributed by atoms with Crippen LogP contribution < -0.4 is 5.32 Å². The molecule has 1 rings (SSSR count). The second-order valence-corrected chi connectivity index (χ2v) is 4.04. The normalized spacial score (nSPS) is 16.8. The monoisotopic (exact) mass is 169 g/mol. The number of unbranched alkanes of at least 4 members (excludes halogenated alkanes) is 2. The van der Waals surface area contributed by atoms with Crippen molar-refractivity contribution < 1.29 is 0 Å². The molecule has 1 saturated carbocycles. The van der Waals surface area contributed by atoms with Crippen LogP contribution in [0.2, 0.25) is 0 Å². The van der Waals surface area contributed by atoms with Gasteiger partial charge in [0.1, 0.15) is 0 Å². The summed E-state index contributed by atoms with van der Waals surface area (Å²) in [6.07, 6.45) is 10.1. The Bertz CT molecular complexity index is 97.2. The second-order valence-electron chi connectivity index (χ2n) is 4.04. The van der Waals surface area contributed by atoms with Crippen molar-refractivity contribution in [3.05, 3.63) is 0 Å². The Labute approximate surface area is 76.9 Å². The van der Waals surface area contributed by atoms with E-state index in [1.807, 2.05) is 0 Å². The highest BCUT2D eigenvalue weighted by Crippen LogP contribution is 2.33. The lowest BCUT2D eigenvalue weighted by atomic mass is 10.1. The zero-order valence-corrected chi connectivity index (χ0v) is 8.44. The van der Waals surface area contributed by atoms with Crippen molar-refractivity contribution in [3.8, 4) is 0 Å². The fourth-order valence-corrected chi connectivity index (χ4v) is 1.57. The van der Waals surface area contributed by atoms with Crippen molar-refractivity contribution in [3.63, 3.8) is 0 Å². The summed E-state index contributed by atoms with van der Waals surface area (Å²) >= 11 is 0. The molecule has 1 aliphatic rings. The highest BCUT2D eigenvalue weighted by atomic mass is 14.8. The Kier molecular flexibility index (Phi) is 5.42. The number of nitrogens with one attached hydrogen (secondary N) is 1. The average Bonchev–Trinajstić information content (AvgIpc) is 2.87. The lowest BCUT2D eigenvalue weighted by Gasteiger charge is -2.02. The van der Waals surface area contributed by atoms with Crippen LogP contribution in [-0.2, 0) is 0 Å². The first-order chi connectivity index (χ1) is 5.93. The van der Waals surface area contributed by atoms with Gasteiger partial charge < -0.3 is 5.32 Å². The molecule has 0 atom stereocenters. The third-order valence-corrected chi connectivity index (χ3v) is 2.59. The third kappa shape index (κ3) is 5.59. The van der Waals surface area contributed by atoms with Crippen molar-refractivity contribution >= 4 is 0 Å². The van der Waals surface area contributed by atoms with Gasteiger partial charge in [-0.15, -0.1) is 0 Å². The number of hydrogen-bond donors (Lipinski definition) is 1. The third-order valence-electron chi connectivity index (χ3n) is 2.59. The predicted molar refractivity (Wildman–Crippen MR) is 54.4 cm³/mol. The lowest BCUT2D eigenvalue weighted by Crippen LogP contribution is -2.15. The molecule has 0 amide bonds. The van der Waals surface area contributed by atoms with Crippen LogP contribution >= 0.6 is 0 Å². The SMILES string of the molecule is CCCNCCCCCC1CC1. The van der Waals surface area contributed by atoms with Gasteiger partial charge in [0.05, 0.1) is 0 Å². The van der Waals surface area contributed by atoms with Crippen molar-refractivity contribution in [2.24, 2.45) is 5.92 Å². The standard InChI is InChI=1S/C11H23N/c1-2-9-12-10-5-3-4-6-11-7-8-11/h11-12H,2-10H2,1H3. The molecule has 0 aromatic rings. The molecule has 1 aliphatic carbocycles. The van der Waals surface area contributed by atoms with E-state index in [1.54, 1.807) is 0 Å². The van der Waals surface area contributed by atoms with Crippen LogP contribution in [0.15, 0.2) is 0 Å². The fraction of sp³-hybridized carbons (Fsp3) is 1.00. The Morgan fingerprint density at radius 1 is 1.08 bits per heavy atom. The van der Waals surface area contributed by atoms with E-state index in [0.717, 1.165) is 5.92 Å². The van der Waals surface area contributed by atoms with Crippen LogP contribution in [0.25, 0.3) is 0 Å². The van der Waals surface area contributed by atoms with Crippen molar-refractivity contribution in [2.75, 3.05) is 13.1 Å². The van der Waals surface area contributed by atoms with E-state index in [-0.39, 0.29) is 0 Å². The van der Waals surface area contributed by atoms with E-state index in [2.05, 4.69) is 12.2 Å². The molecule has 0 aliphatic heterocycles. The molecule has 72 valence electrons. The van der Waals surface area contributed by atoms with E-state index >= 15 is 0 Å². The summed E-state index contributed by atoms with van der Waals surface area (Å²) in [5, 5.41) is 3.44. The summed E-state index contributed by atoms with van der Waals surface area (Å²) in [7, 11) is 0. The number of rotatable bonds is 8. The maximum atomic E-state index is 3.44. The molecule has 12 heavy (non-hydrogen) atoms. The van der Waals surface area contributed by atoms with E-state index in [1.165, 1.54) is 58.0 Å². The smallest absolute Gasteiger partial charge is 0.00489 e. The van der Waals surface area contributed by atoms with Gasteiger partial charge >= 0.3 is 0 Å². The van der Waals surface area contributed by atoms with Crippen LogP contribution in [0, 0.1) is 5.92 Å². The molecule has 1 fully saturated rings. The molecule has 1 nitrogen and oxygen atoms in total.